The lowest BCUT2D eigenvalue weighted by atomic mass is 9.98. The molecule has 0 spiro atoms. The fourth-order valence-corrected chi connectivity index (χ4v) is 2.25. The predicted octanol–water partition coefficient (Wildman–Crippen LogP) is 1.47. The summed E-state index contributed by atoms with van der Waals surface area (Å²) in [4.78, 5) is 12.1. The fourth-order valence-electron chi connectivity index (χ4n) is 2.25. The molecule has 1 amide bonds. The molecule has 2 atom stereocenters. The van der Waals surface area contributed by atoms with Gasteiger partial charge in [0.05, 0.1) is 11.8 Å². The van der Waals surface area contributed by atoms with Gasteiger partial charge in [-0.15, -0.1) is 0 Å². The summed E-state index contributed by atoms with van der Waals surface area (Å²) in [5.74, 6) is 0.997. The van der Waals surface area contributed by atoms with Crippen molar-refractivity contribution in [1.29, 1.82) is 0 Å². The van der Waals surface area contributed by atoms with Crippen LogP contribution in [0.15, 0.2) is 22.8 Å². The van der Waals surface area contributed by atoms with Crippen molar-refractivity contribution >= 4 is 5.91 Å². The Kier molecular flexibility index (Phi) is 3.52. The Balaban J connectivity index is 1.86. The van der Waals surface area contributed by atoms with E-state index in [9.17, 15) is 4.79 Å². The second-order valence-electron chi connectivity index (χ2n) is 5.02. The maximum atomic E-state index is 12.1. The van der Waals surface area contributed by atoms with Crippen LogP contribution >= 0.6 is 0 Å². The SMILES string of the molecule is CC(Cc1ccco1)NC(=O)C1(C)CCCN1. The second-order valence-corrected chi connectivity index (χ2v) is 5.02. The summed E-state index contributed by atoms with van der Waals surface area (Å²) in [6.07, 6.45) is 4.36. The van der Waals surface area contributed by atoms with Gasteiger partial charge in [-0.1, -0.05) is 0 Å². The molecule has 2 N–H and O–H groups in total. The third-order valence-electron chi connectivity index (χ3n) is 3.33. The Morgan fingerprint density at radius 1 is 1.71 bits per heavy atom. The summed E-state index contributed by atoms with van der Waals surface area (Å²) in [6, 6.07) is 3.88. The van der Waals surface area contributed by atoms with E-state index in [2.05, 4.69) is 10.6 Å². The summed E-state index contributed by atoms with van der Waals surface area (Å²) in [5.41, 5.74) is -0.391. The molecule has 0 bridgehead atoms. The zero-order chi connectivity index (χ0) is 12.3. The maximum Gasteiger partial charge on any atom is 0.240 e. The average molecular weight is 236 g/mol. The Bertz CT molecular complexity index is 367. The lowest BCUT2D eigenvalue weighted by Gasteiger charge is -2.25. The number of carbonyl (C=O) groups excluding carboxylic acids is 1. The molecule has 0 saturated carbocycles. The lowest BCUT2D eigenvalue weighted by Crippen LogP contribution is -2.53. The minimum absolute atomic E-state index is 0.0906. The normalized spacial score (nSPS) is 25.8. The molecule has 2 unspecified atom stereocenters. The maximum absolute atomic E-state index is 12.1. The van der Waals surface area contributed by atoms with Crippen LogP contribution in [0.25, 0.3) is 0 Å². The molecule has 1 saturated heterocycles. The molecule has 1 aliphatic rings. The Morgan fingerprint density at radius 2 is 2.53 bits per heavy atom. The molecule has 4 heteroatoms. The molecular weight excluding hydrogens is 216 g/mol. The van der Waals surface area contributed by atoms with E-state index in [0.29, 0.717) is 0 Å². The number of hydrogen-bond acceptors (Lipinski definition) is 3. The molecule has 17 heavy (non-hydrogen) atoms. The number of amides is 1. The van der Waals surface area contributed by atoms with Crippen LogP contribution in [0.5, 0.6) is 0 Å². The fraction of sp³-hybridized carbons (Fsp3) is 0.615. The van der Waals surface area contributed by atoms with E-state index in [1.807, 2.05) is 26.0 Å². The number of nitrogens with one attached hydrogen (secondary N) is 2. The molecule has 2 rings (SSSR count). The first-order valence-electron chi connectivity index (χ1n) is 6.18. The molecule has 2 heterocycles. The van der Waals surface area contributed by atoms with Crippen molar-refractivity contribution in [3.05, 3.63) is 24.2 Å². The standard InChI is InChI=1S/C13H20N2O2/c1-10(9-11-5-3-8-17-11)15-12(16)13(2)6-4-7-14-13/h3,5,8,10,14H,4,6-7,9H2,1-2H3,(H,15,16). The summed E-state index contributed by atoms with van der Waals surface area (Å²) in [5, 5.41) is 6.30. The highest BCUT2D eigenvalue weighted by molar-refractivity contribution is 5.86. The van der Waals surface area contributed by atoms with Gasteiger partial charge >= 0.3 is 0 Å². The van der Waals surface area contributed by atoms with Gasteiger partial charge in [0, 0.05) is 12.5 Å². The van der Waals surface area contributed by atoms with Gasteiger partial charge < -0.3 is 15.1 Å². The van der Waals surface area contributed by atoms with E-state index < -0.39 is 5.54 Å². The molecule has 4 nitrogen and oxygen atoms in total. The van der Waals surface area contributed by atoms with E-state index in [4.69, 9.17) is 4.42 Å². The van der Waals surface area contributed by atoms with Gasteiger partial charge in [-0.05, 0) is 45.4 Å². The molecular formula is C13H20N2O2. The number of carbonyl (C=O) groups is 1. The van der Waals surface area contributed by atoms with Crippen LogP contribution in [0.4, 0.5) is 0 Å². The van der Waals surface area contributed by atoms with E-state index in [1.165, 1.54) is 0 Å². The van der Waals surface area contributed by atoms with E-state index in [1.54, 1.807) is 6.26 Å². The Morgan fingerprint density at radius 3 is 3.12 bits per heavy atom. The van der Waals surface area contributed by atoms with E-state index in [-0.39, 0.29) is 11.9 Å². The zero-order valence-electron chi connectivity index (χ0n) is 10.5. The molecule has 1 aromatic rings. The van der Waals surface area contributed by atoms with Crippen LogP contribution in [-0.4, -0.2) is 24.0 Å². The summed E-state index contributed by atoms with van der Waals surface area (Å²) >= 11 is 0. The first-order chi connectivity index (χ1) is 8.10. The Hall–Kier alpha value is -1.29. The quantitative estimate of drug-likeness (QED) is 0.832. The smallest absolute Gasteiger partial charge is 0.240 e. The van der Waals surface area contributed by atoms with Crippen LogP contribution in [0.1, 0.15) is 32.4 Å². The minimum Gasteiger partial charge on any atom is -0.469 e. The topological polar surface area (TPSA) is 54.3 Å². The van der Waals surface area contributed by atoms with Gasteiger partial charge in [0.1, 0.15) is 5.76 Å². The molecule has 0 radical (unpaired) electrons. The lowest BCUT2D eigenvalue weighted by molar-refractivity contribution is -0.127. The first-order valence-corrected chi connectivity index (χ1v) is 6.18. The third-order valence-corrected chi connectivity index (χ3v) is 3.33. The van der Waals surface area contributed by atoms with Crippen LogP contribution in [0.3, 0.4) is 0 Å². The van der Waals surface area contributed by atoms with Crippen LogP contribution < -0.4 is 10.6 Å². The van der Waals surface area contributed by atoms with Gasteiger partial charge in [-0.2, -0.15) is 0 Å². The van der Waals surface area contributed by atoms with Gasteiger partial charge in [-0.3, -0.25) is 4.79 Å². The number of furan rings is 1. The van der Waals surface area contributed by atoms with Crippen LogP contribution in [-0.2, 0) is 11.2 Å². The van der Waals surface area contributed by atoms with Crippen LogP contribution in [0.2, 0.25) is 0 Å². The van der Waals surface area contributed by atoms with Crippen molar-refractivity contribution in [2.45, 2.75) is 44.7 Å². The molecule has 1 aliphatic heterocycles. The van der Waals surface area contributed by atoms with Crippen molar-refractivity contribution in [3.8, 4) is 0 Å². The van der Waals surface area contributed by atoms with Crippen LogP contribution in [0, 0.1) is 0 Å². The monoisotopic (exact) mass is 236 g/mol. The van der Waals surface area contributed by atoms with Gasteiger partial charge in [0.2, 0.25) is 5.91 Å². The molecule has 1 fully saturated rings. The largest absolute Gasteiger partial charge is 0.469 e. The van der Waals surface area contributed by atoms with E-state index >= 15 is 0 Å². The Labute approximate surface area is 102 Å². The van der Waals surface area contributed by atoms with Gasteiger partial charge in [-0.25, -0.2) is 0 Å². The second kappa shape index (κ2) is 4.92. The predicted molar refractivity (Wildman–Crippen MR) is 65.7 cm³/mol. The van der Waals surface area contributed by atoms with Crippen molar-refractivity contribution in [2.24, 2.45) is 0 Å². The third kappa shape index (κ3) is 2.88. The van der Waals surface area contributed by atoms with Crippen molar-refractivity contribution < 1.29 is 9.21 Å². The summed E-state index contributed by atoms with van der Waals surface area (Å²) in [6.45, 7) is 4.89. The van der Waals surface area contributed by atoms with Gasteiger partial charge in [0.25, 0.3) is 0 Å². The highest BCUT2D eigenvalue weighted by Gasteiger charge is 2.36. The number of hydrogen-bond donors (Lipinski definition) is 2. The highest BCUT2D eigenvalue weighted by atomic mass is 16.3. The molecule has 94 valence electrons. The summed E-state index contributed by atoms with van der Waals surface area (Å²) in [7, 11) is 0. The average Bonchev–Trinajstić information content (AvgIpc) is 2.90. The molecule has 1 aromatic heterocycles. The van der Waals surface area contributed by atoms with E-state index in [0.717, 1.165) is 31.6 Å². The van der Waals surface area contributed by atoms with Crippen molar-refractivity contribution in [2.75, 3.05) is 6.54 Å². The van der Waals surface area contributed by atoms with Crippen molar-refractivity contribution in [1.82, 2.24) is 10.6 Å². The zero-order valence-corrected chi connectivity index (χ0v) is 10.5. The molecule has 0 aliphatic carbocycles. The molecule has 0 aromatic carbocycles. The number of rotatable bonds is 4. The summed E-state index contributed by atoms with van der Waals surface area (Å²) < 4.78 is 5.27. The first kappa shape index (κ1) is 12.2. The minimum atomic E-state index is -0.391. The highest BCUT2D eigenvalue weighted by Crippen LogP contribution is 2.18. The van der Waals surface area contributed by atoms with Gasteiger partial charge in [0.15, 0.2) is 0 Å². The van der Waals surface area contributed by atoms with Crippen molar-refractivity contribution in [3.63, 3.8) is 0 Å².